The average molecular weight is 274 g/mol. The van der Waals surface area contributed by atoms with Crippen LogP contribution in [0.2, 0.25) is 0 Å². The van der Waals surface area contributed by atoms with E-state index in [9.17, 15) is 4.79 Å². The molecule has 0 bridgehead atoms. The molecule has 20 heavy (non-hydrogen) atoms. The molecule has 0 unspecified atom stereocenters. The van der Waals surface area contributed by atoms with Crippen LogP contribution in [-0.4, -0.2) is 46.5 Å². The van der Waals surface area contributed by atoms with Gasteiger partial charge in [0.2, 0.25) is 0 Å². The van der Waals surface area contributed by atoms with E-state index in [1.807, 2.05) is 11.8 Å². The molecule has 1 N–H and O–H groups in total. The van der Waals surface area contributed by atoms with E-state index in [0.29, 0.717) is 11.7 Å². The van der Waals surface area contributed by atoms with Crippen LogP contribution in [0, 0.1) is 12.8 Å². The molecule has 1 aliphatic heterocycles. The van der Waals surface area contributed by atoms with Crippen molar-refractivity contribution in [3.63, 3.8) is 0 Å². The molecule has 0 atom stereocenters. The maximum absolute atomic E-state index is 12.3. The Kier molecular flexibility index (Phi) is 3.96. The highest BCUT2D eigenvalue weighted by molar-refractivity contribution is 5.92. The van der Waals surface area contributed by atoms with Crippen molar-refractivity contribution >= 4 is 5.91 Å². The summed E-state index contributed by atoms with van der Waals surface area (Å²) >= 11 is 0. The van der Waals surface area contributed by atoms with Crippen LogP contribution in [0.5, 0.6) is 0 Å². The lowest BCUT2D eigenvalue weighted by molar-refractivity contribution is 0.0698. The molecular weight excluding hydrogens is 252 g/mol. The summed E-state index contributed by atoms with van der Waals surface area (Å²) in [6, 6.07) is 0.573. The second-order valence-corrected chi connectivity index (χ2v) is 5.96. The zero-order chi connectivity index (χ0) is 13.9. The van der Waals surface area contributed by atoms with Gasteiger partial charge in [-0.05, 0) is 45.1 Å². The highest BCUT2D eigenvalue weighted by Gasteiger charge is 2.26. The van der Waals surface area contributed by atoms with Gasteiger partial charge in [-0.3, -0.25) is 9.78 Å². The summed E-state index contributed by atoms with van der Waals surface area (Å²) in [5.41, 5.74) is 1.30. The van der Waals surface area contributed by atoms with Gasteiger partial charge < -0.3 is 10.2 Å². The summed E-state index contributed by atoms with van der Waals surface area (Å²) < 4.78 is 0. The van der Waals surface area contributed by atoms with E-state index in [2.05, 4.69) is 15.3 Å². The highest BCUT2D eigenvalue weighted by atomic mass is 16.2. The van der Waals surface area contributed by atoms with Gasteiger partial charge in [0.1, 0.15) is 5.69 Å². The Morgan fingerprint density at radius 3 is 2.60 bits per heavy atom. The molecular formula is C15H22N4O. The van der Waals surface area contributed by atoms with Gasteiger partial charge in [-0.25, -0.2) is 4.98 Å². The van der Waals surface area contributed by atoms with Gasteiger partial charge in [-0.15, -0.1) is 0 Å². The number of hydrogen-bond acceptors (Lipinski definition) is 4. The van der Waals surface area contributed by atoms with Crippen molar-refractivity contribution in [3.05, 3.63) is 23.8 Å². The molecule has 5 heteroatoms. The molecule has 108 valence electrons. The van der Waals surface area contributed by atoms with Crippen LogP contribution in [0.25, 0.3) is 0 Å². The smallest absolute Gasteiger partial charge is 0.274 e. The zero-order valence-corrected chi connectivity index (χ0v) is 12.0. The van der Waals surface area contributed by atoms with Crippen molar-refractivity contribution in [1.82, 2.24) is 20.2 Å². The lowest BCUT2D eigenvalue weighted by Crippen LogP contribution is -2.45. The lowest BCUT2D eigenvalue weighted by atomic mass is 10.0. The second-order valence-electron chi connectivity index (χ2n) is 5.96. The summed E-state index contributed by atoms with van der Waals surface area (Å²) in [6.45, 7) is 4.66. The number of hydrogen-bond donors (Lipinski definition) is 1. The summed E-state index contributed by atoms with van der Waals surface area (Å²) in [6.07, 6.45) is 8.08. The number of piperidine rings is 1. The number of nitrogens with one attached hydrogen (secondary N) is 1. The van der Waals surface area contributed by atoms with Crippen LogP contribution >= 0.6 is 0 Å². The second kappa shape index (κ2) is 5.87. The van der Waals surface area contributed by atoms with E-state index in [-0.39, 0.29) is 5.91 Å². The first-order valence-corrected chi connectivity index (χ1v) is 7.53. The molecule has 0 aromatic carbocycles. The largest absolute Gasteiger partial charge is 0.337 e. The summed E-state index contributed by atoms with van der Waals surface area (Å²) in [4.78, 5) is 22.5. The number of amides is 1. The SMILES string of the molecule is Cc1cnc(C(=O)N2CCC(NCC3CC3)CC2)cn1. The van der Waals surface area contributed by atoms with E-state index >= 15 is 0 Å². The Morgan fingerprint density at radius 2 is 2.00 bits per heavy atom. The van der Waals surface area contributed by atoms with Gasteiger partial charge in [0.15, 0.2) is 0 Å². The van der Waals surface area contributed by atoms with Gasteiger partial charge in [0, 0.05) is 25.3 Å². The maximum atomic E-state index is 12.3. The molecule has 0 radical (unpaired) electrons. The van der Waals surface area contributed by atoms with Crippen LogP contribution < -0.4 is 5.32 Å². The van der Waals surface area contributed by atoms with Crippen molar-refractivity contribution in [3.8, 4) is 0 Å². The normalized spacial score (nSPS) is 20.1. The van der Waals surface area contributed by atoms with Crippen molar-refractivity contribution in [2.75, 3.05) is 19.6 Å². The van der Waals surface area contributed by atoms with E-state index in [4.69, 9.17) is 0 Å². The monoisotopic (exact) mass is 274 g/mol. The summed E-state index contributed by atoms with van der Waals surface area (Å²) in [5.74, 6) is 0.927. The predicted octanol–water partition coefficient (Wildman–Crippen LogP) is 1.39. The van der Waals surface area contributed by atoms with Gasteiger partial charge in [0.25, 0.3) is 5.91 Å². The molecule has 1 aromatic heterocycles. The first-order valence-electron chi connectivity index (χ1n) is 7.53. The Hall–Kier alpha value is -1.49. The molecule has 1 saturated carbocycles. The van der Waals surface area contributed by atoms with Gasteiger partial charge in [-0.1, -0.05) is 0 Å². The first-order chi connectivity index (χ1) is 9.72. The molecule has 0 spiro atoms. The number of nitrogens with zero attached hydrogens (tertiary/aromatic N) is 3. The highest BCUT2D eigenvalue weighted by Crippen LogP contribution is 2.28. The Labute approximate surface area is 119 Å². The number of aromatic nitrogens is 2. The first kappa shape index (κ1) is 13.5. The topological polar surface area (TPSA) is 58.1 Å². The third-order valence-corrected chi connectivity index (χ3v) is 4.17. The number of carbonyl (C=O) groups excluding carboxylic acids is 1. The average Bonchev–Trinajstić information content (AvgIpc) is 3.30. The number of carbonyl (C=O) groups is 1. The van der Waals surface area contributed by atoms with Crippen LogP contribution in [0.3, 0.4) is 0 Å². The van der Waals surface area contributed by atoms with Crippen molar-refractivity contribution in [2.24, 2.45) is 5.92 Å². The lowest BCUT2D eigenvalue weighted by Gasteiger charge is -2.32. The third kappa shape index (κ3) is 3.33. The summed E-state index contributed by atoms with van der Waals surface area (Å²) in [5, 5.41) is 3.62. The molecule has 2 aliphatic rings. The van der Waals surface area contributed by atoms with Crippen LogP contribution in [0.1, 0.15) is 41.9 Å². The number of aryl methyl sites for hydroxylation is 1. The molecule has 2 heterocycles. The fourth-order valence-corrected chi connectivity index (χ4v) is 2.61. The third-order valence-electron chi connectivity index (χ3n) is 4.17. The molecule has 1 saturated heterocycles. The number of likely N-dealkylation sites (tertiary alicyclic amines) is 1. The minimum absolute atomic E-state index is 0.0122. The minimum atomic E-state index is 0.0122. The predicted molar refractivity (Wildman–Crippen MR) is 76.4 cm³/mol. The Bertz CT molecular complexity index is 461. The maximum Gasteiger partial charge on any atom is 0.274 e. The Balaban J connectivity index is 1.49. The molecule has 1 aliphatic carbocycles. The zero-order valence-electron chi connectivity index (χ0n) is 12.0. The molecule has 1 aromatic rings. The fraction of sp³-hybridized carbons (Fsp3) is 0.667. The van der Waals surface area contributed by atoms with Crippen molar-refractivity contribution < 1.29 is 4.79 Å². The van der Waals surface area contributed by atoms with Gasteiger partial charge in [-0.2, -0.15) is 0 Å². The van der Waals surface area contributed by atoms with Gasteiger partial charge >= 0.3 is 0 Å². The van der Waals surface area contributed by atoms with E-state index in [1.165, 1.54) is 12.8 Å². The minimum Gasteiger partial charge on any atom is -0.337 e. The standard InChI is InChI=1S/C15H22N4O/c1-11-8-18-14(10-16-11)15(20)19-6-4-13(5-7-19)17-9-12-2-3-12/h8,10,12-13,17H,2-7,9H2,1H3. The van der Waals surface area contributed by atoms with Crippen LogP contribution in [-0.2, 0) is 0 Å². The molecule has 5 nitrogen and oxygen atoms in total. The van der Waals surface area contributed by atoms with Gasteiger partial charge in [0.05, 0.1) is 11.9 Å². The quantitative estimate of drug-likeness (QED) is 0.901. The van der Waals surface area contributed by atoms with Crippen LogP contribution in [0.15, 0.2) is 12.4 Å². The molecule has 1 amide bonds. The summed E-state index contributed by atoms with van der Waals surface area (Å²) in [7, 11) is 0. The molecule has 3 rings (SSSR count). The van der Waals surface area contributed by atoms with E-state index < -0.39 is 0 Å². The Morgan fingerprint density at radius 1 is 1.25 bits per heavy atom. The van der Waals surface area contributed by atoms with Crippen LogP contribution in [0.4, 0.5) is 0 Å². The molecule has 2 fully saturated rings. The van der Waals surface area contributed by atoms with Crippen molar-refractivity contribution in [1.29, 1.82) is 0 Å². The number of rotatable bonds is 4. The fourth-order valence-electron chi connectivity index (χ4n) is 2.61. The van der Waals surface area contributed by atoms with E-state index in [1.54, 1.807) is 12.4 Å². The van der Waals surface area contributed by atoms with Crippen molar-refractivity contribution in [2.45, 2.75) is 38.6 Å². The van der Waals surface area contributed by atoms with E-state index in [0.717, 1.165) is 44.1 Å².